The minimum Gasteiger partial charge on any atom is -0.471 e. The summed E-state index contributed by atoms with van der Waals surface area (Å²) in [7, 11) is 0. The van der Waals surface area contributed by atoms with E-state index in [-0.39, 0.29) is 11.6 Å². The van der Waals surface area contributed by atoms with Gasteiger partial charge in [-0.15, -0.1) is 0 Å². The Morgan fingerprint density at radius 2 is 1.76 bits per heavy atom. The summed E-state index contributed by atoms with van der Waals surface area (Å²) in [6.45, 7) is 6.46. The Balaban J connectivity index is 0.00000144. The minimum atomic E-state index is -0.445. The maximum atomic E-state index is 10.8. The van der Waals surface area contributed by atoms with Gasteiger partial charge in [0.25, 0.3) is 6.20 Å². The second-order valence-electron chi connectivity index (χ2n) is 4.76. The van der Waals surface area contributed by atoms with E-state index in [2.05, 4.69) is 30.6 Å². The molecular weight excluding hydrogens is 218 g/mol. The fourth-order valence-electron chi connectivity index (χ4n) is 1.47. The summed E-state index contributed by atoms with van der Waals surface area (Å²) in [5.74, 6) is 0. The maximum absolute atomic E-state index is 10.8. The van der Waals surface area contributed by atoms with Crippen LogP contribution < -0.4 is 21.7 Å². The number of hydrogen-bond acceptors (Lipinski definition) is 2. The summed E-state index contributed by atoms with van der Waals surface area (Å²) in [5.41, 5.74) is 1.73. The Morgan fingerprint density at radius 1 is 1.18 bits per heavy atom. The zero-order chi connectivity index (χ0) is 11.8. The molecule has 0 fully saturated rings. The highest BCUT2D eigenvalue weighted by molar-refractivity contribution is 5.30. The largest absolute Gasteiger partial charge is 0.471 e. The van der Waals surface area contributed by atoms with Crippen LogP contribution in [0.2, 0.25) is 0 Å². The van der Waals surface area contributed by atoms with Gasteiger partial charge in [0.2, 0.25) is 5.69 Å². The monoisotopic (exact) mass is 232 g/mol. The van der Waals surface area contributed by atoms with Gasteiger partial charge in [0.1, 0.15) is 0 Å². The molecule has 5 heteroatoms. The second kappa shape index (κ2) is 4.55. The highest BCUT2D eigenvalue weighted by Crippen LogP contribution is 2.21. The van der Waals surface area contributed by atoms with Gasteiger partial charge in [-0.05, 0) is 11.0 Å². The van der Waals surface area contributed by atoms with Crippen LogP contribution in [-0.2, 0) is 5.41 Å². The SMILES string of the molecule is CC(C)(C)c1ccc(-[n+]2cc(=O)o[n-]2)cc1.[N]. The van der Waals surface area contributed by atoms with E-state index in [4.69, 9.17) is 0 Å². The number of nitrogens with zero attached hydrogens (tertiary/aromatic N) is 3. The van der Waals surface area contributed by atoms with Crippen LogP contribution in [0.5, 0.6) is 0 Å². The highest BCUT2D eigenvalue weighted by atomic mass is 16.5. The van der Waals surface area contributed by atoms with Gasteiger partial charge in [-0.1, -0.05) is 32.9 Å². The molecule has 0 saturated heterocycles. The third kappa shape index (κ3) is 2.82. The van der Waals surface area contributed by atoms with Crippen molar-refractivity contribution in [2.75, 3.05) is 0 Å². The molecule has 0 unspecified atom stereocenters. The average molecular weight is 232 g/mol. The third-order valence-electron chi connectivity index (χ3n) is 2.44. The Kier molecular flexibility index (Phi) is 3.53. The Bertz CT molecular complexity index is 532. The van der Waals surface area contributed by atoms with Crippen LogP contribution in [0.25, 0.3) is 5.69 Å². The molecule has 2 aromatic rings. The van der Waals surface area contributed by atoms with E-state index in [1.807, 2.05) is 24.3 Å². The summed E-state index contributed by atoms with van der Waals surface area (Å²) in [4.78, 5) is 10.8. The molecule has 0 aliphatic heterocycles. The quantitative estimate of drug-likeness (QED) is 0.678. The predicted octanol–water partition coefficient (Wildman–Crippen LogP) is 0.691. The lowest BCUT2D eigenvalue weighted by molar-refractivity contribution is -0.676. The first-order chi connectivity index (χ1) is 7.47. The van der Waals surface area contributed by atoms with E-state index in [9.17, 15) is 4.79 Å². The summed E-state index contributed by atoms with van der Waals surface area (Å²) in [6.07, 6.45) is 1.31. The summed E-state index contributed by atoms with van der Waals surface area (Å²) < 4.78 is 5.90. The number of rotatable bonds is 1. The Labute approximate surface area is 99.6 Å². The standard InChI is InChI=1S/C12H14N2O2.N/c1-12(2,3)9-4-6-10(7-5-9)14-8-11(15)16-13-14;/h4-8H,1-3H3;. The van der Waals surface area contributed by atoms with Gasteiger partial charge in [0.05, 0.1) is 0 Å². The molecule has 1 heterocycles. The van der Waals surface area contributed by atoms with E-state index in [0.29, 0.717) is 0 Å². The van der Waals surface area contributed by atoms with Crippen molar-refractivity contribution in [3.05, 3.63) is 46.4 Å². The Morgan fingerprint density at radius 3 is 2.18 bits per heavy atom. The molecule has 0 atom stereocenters. The van der Waals surface area contributed by atoms with Crippen LogP contribution in [0.3, 0.4) is 0 Å². The van der Waals surface area contributed by atoms with E-state index in [1.54, 1.807) is 0 Å². The number of aromatic nitrogens is 2. The molecule has 3 radical (unpaired) electrons. The van der Waals surface area contributed by atoms with Crippen LogP contribution in [0, 0.1) is 0 Å². The van der Waals surface area contributed by atoms with Crippen molar-refractivity contribution in [2.45, 2.75) is 26.2 Å². The van der Waals surface area contributed by atoms with Crippen LogP contribution in [-0.4, -0.2) is 0 Å². The Hall–Kier alpha value is -1.88. The first-order valence-corrected chi connectivity index (χ1v) is 5.13. The van der Waals surface area contributed by atoms with Gasteiger partial charge in [-0.2, -0.15) is 0 Å². The molecule has 0 amide bonds. The van der Waals surface area contributed by atoms with Crippen molar-refractivity contribution in [1.82, 2.24) is 11.4 Å². The highest BCUT2D eigenvalue weighted by Gasteiger charge is 2.14. The van der Waals surface area contributed by atoms with Gasteiger partial charge in [-0.25, -0.2) is 14.7 Å². The van der Waals surface area contributed by atoms with Gasteiger partial charge < -0.3 is 4.52 Å². The van der Waals surface area contributed by atoms with Gasteiger partial charge >= 0.3 is 5.63 Å². The lowest BCUT2D eigenvalue weighted by Gasteiger charge is -2.18. The van der Waals surface area contributed by atoms with Gasteiger partial charge in [0.15, 0.2) is 0 Å². The molecule has 1 aromatic carbocycles. The van der Waals surface area contributed by atoms with Crippen molar-refractivity contribution >= 4 is 0 Å². The van der Waals surface area contributed by atoms with E-state index in [0.717, 1.165) is 5.69 Å². The van der Waals surface area contributed by atoms with E-state index in [1.165, 1.54) is 16.4 Å². The lowest BCUT2D eigenvalue weighted by atomic mass is 9.87. The van der Waals surface area contributed by atoms with Crippen molar-refractivity contribution in [1.29, 1.82) is 0 Å². The zero-order valence-corrected chi connectivity index (χ0v) is 10.0. The smallest absolute Gasteiger partial charge is 0.389 e. The number of hydrogen-bond donors (Lipinski definition) is 0. The van der Waals surface area contributed by atoms with E-state index >= 15 is 0 Å². The zero-order valence-electron chi connectivity index (χ0n) is 10.0. The molecule has 0 aliphatic rings. The van der Waals surface area contributed by atoms with Crippen molar-refractivity contribution in [2.24, 2.45) is 0 Å². The molecule has 89 valence electrons. The molecular formula is C12H14N3O2. The second-order valence-corrected chi connectivity index (χ2v) is 4.76. The third-order valence-corrected chi connectivity index (χ3v) is 2.44. The van der Waals surface area contributed by atoms with Crippen LogP contribution in [0.4, 0.5) is 0 Å². The summed E-state index contributed by atoms with van der Waals surface area (Å²) >= 11 is 0. The van der Waals surface area contributed by atoms with Gasteiger partial charge in [0, 0.05) is 18.3 Å². The number of benzene rings is 1. The molecule has 17 heavy (non-hydrogen) atoms. The summed E-state index contributed by atoms with van der Waals surface area (Å²) in [6, 6.07) is 7.90. The molecule has 2 rings (SSSR count). The minimum absolute atomic E-state index is 0. The lowest BCUT2D eigenvalue weighted by Crippen LogP contribution is -2.34. The van der Waals surface area contributed by atoms with E-state index < -0.39 is 5.63 Å². The first kappa shape index (κ1) is 13.2. The molecule has 0 spiro atoms. The van der Waals surface area contributed by atoms with Crippen molar-refractivity contribution in [3.8, 4) is 5.69 Å². The molecule has 0 saturated carbocycles. The van der Waals surface area contributed by atoms with Crippen LogP contribution in [0.15, 0.2) is 39.8 Å². The fraction of sp³-hybridized carbons (Fsp3) is 0.333. The summed E-state index contributed by atoms with van der Waals surface area (Å²) in [5, 5.41) is 3.61. The molecule has 0 bridgehead atoms. The molecule has 0 aliphatic carbocycles. The predicted molar refractivity (Wildman–Crippen MR) is 60.7 cm³/mol. The van der Waals surface area contributed by atoms with Crippen LogP contribution >= 0.6 is 0 Å². The van der Waals surface area contributed by atoms with Crippen LogP contribution in [0.1, 0.15) is 26.3 Å². The molecule has 5 nitrogen and oxygen atoms in total. The molecule has 0 N–H and O–H groups in total. The van der Waals surface area contributed by atoms with Crippen molar-refractivity contribution < 1.29 is 9.20 Å². The fourth-order valence-corrected chi connectivity index (χ4v) is 1.47. The normalized spacial score (nSPS) is 11.0. The first-order valence-electron chi connectivity index (χ1n) is 5.13. The topological polar surface area (TPSA) is 78.7 Å². The maximum Gasteiger partial charge on any atom is 0.389 e. The molecule has 1 aromatic heterocycles. The van der Waals surface area contributed by atoms with Crippen molar-refractivity contribution in [3.63, 3.8) is 0 Å². The van der Waals surface area contributed by atoms with Gasteiger partial charge in [-0.3, -0.25) is 0 Å². The average Bonchev–Trinajstić information content (AvgIpc) is 2.64.